The van der Waals surface area contributed by atoms with Crippen molar-refractivity contribution in [2.75, 3.05) is 23.8 Å². The first-order chi connectivity index (χ1) is 14.0. The molecule has 3 aromatic rings. The molecule has 1 amide bonds. The van der Waals surface area contributed by atoms with E-state index in [-0.39, 0.29) is 11.6 Å². The standard InChI is InChI=1S/C22H22N4O3/c1-13-4-6-17(14(2)10-13)26-22(27)18-12-21(24-15(3)23-18)25-16-5-7-19-20(11-16)29-9-8-28-19/h4-7,10-12H,8-9H2,1-3H3,(H,26,27)(H,23,24,25). The first-order valence-electron chi connectivity index (χ1n) is 9.39. The number of rotatable bonds is 4. The summed E-state index contributed by atoms with van der Waals surface area (Å²) in [5, 5.41) is 6.13. The summed E-state index contributed by atoms with van der Waals surface area (Å²) in [6.45, 7) is 6.80. The zero-order chi connectivity index (χ0) is 20.4. The topological polar surface area (TPSA) is 85.4 Å². The average Bonchev–Trinajstić information content (AvgIpc) is 2.69. The lowest BCUT2D eigenvalue weighted by molar-refractivity contribution is 0.102. The highest BCUT2D eigenvalue weighted by molar-refractivity contribution is 6.03. The van der Waals surface area contributed by atoms with Crippen molar-refractivity contribution in [3.8, 4) is 11.5 Å². The maximum atomic E-state index is 12.7. The molecule has 2 heterocycles. The molecule has 0 spiro atoms. The van der Waals surface area contributed by atoms with Gasteiger partial charge in [-0.15, -0.1) is 0 Å². The third-order valence-electron chi connectivity index (χ3n) is 4.52. The highest BCUT2D eigenvalue weighted by Crippen LogP contribution is 2.33. The van der Waals surface area contributed by atoms with Crippen molar-refractivity contribution in [1.29, 1.82) is 0 Å². The molecule has 1 aliphatic rings. The molecular formula is C22H22N4O3. The van der Waals surface area contributed by atoms with Gasteiger partial charge in [-0.3, -0.25) is 4.79 Å². The Kier molecular flexibility index (Phi) is 5.03. The van der Waals surface area contributed by atoms with Crippen LogP contribution in [0.25, 0.3) is 0 Å². The Morgan fingerprint density at radius 1 is 0.931 bits per heavy atom. The second-order valence-electron chi connectivity index (χ2n) is 6.94. The molecule has 1 aromatic heterocycles. The number of amides is 1. The fraction of sp³-hybridized carbons (Fsp3) is 0.227. The number of hydrogen-bond acceptors (Lipinski definition) is 6. The SMILES string of the molecule is Cc1ccc(NC(=O)c2cc(Nc3ccc4c(c3)OCCO4)nc(C)n2)c(C)c1. The molecule has 7 nitrogen and oxygen atoms in total. The lowest BCUT2D eigenvalue weighted by Crippen LogP contribution is -2.16. The van der Waals surface area contributed by atoms with Crippen molar-refractivity contribution in [3.05, 3.63) is 65.1 Å². The molecule has 0 unspecified atom stereocenters. The van der Waals surface area contributed by atoms with Crippen LogP contribution in [0.4, 0.5) is 17.2 Å². The molecule has 148 valence electrons. The highest BCUT2D eigenvalue weighted by atomic mass is 16.6. The van der Waals surface area contributed by atoms with Gasteiger partial charge in [0.05, 0.1) is 0 Å². The number of anilines is 3. The number of nitrogens with one attached hydrogen (secondary N) is 2. The van der Waals surface area contributed by atoms with Gasteiger partial charge in [-0.25, -0.2) is 9.97 Å². The maximum absolute atomic E-state index is 12.7. The van der Waals surface area contributed by atoms with Gasteiger partial charge in [0.2, 0.25) is 0 Å². The molecule has 4 rings (SSSR count). The molecule has 7 heteroatoms. The van der Waals surface area contributed by atoms with E-state index in [1.165, 1.54) is 0 Å². The van der Waals surface area contributed by atoms with Crippen molar-refractivity contribution in [2.45, 2.75) is 20.8 Å². The highest BCUT2D eigenvalue weighted by Gasteiger charge is 2.14. The quantitative estimate of drug-likeness (QED) is 0.695. The Bertz CT molecular complexity index is 1080. The van der Waals surface area contributed by atoms with E-state index >= 15 is 0 Å². The minimum atomic E-state index is -0.285. The molecule has 0 aliphatic carbocycles. The zero-order valence-corrected chi connectivity index (χ0v) is 16.6. The normalized spacial score (nSPS) is 12.4. The van der Waals surface area contributed by atoms with Gasteiger partial charge in [-0.05, 0) is 44.5 Å². The minimum absolute atomic E-state index is 0.285. The fourth-order valence-corrected chi connectivity index (χ4v) is 3.16. The molecular weight excluding hydrogens is 368 g/mol. The van der Waals surface area contributed by atoms with Crippen molar-refractivity contribution >= 4 is 23.1 Å². The van der Waals surface area contributed by atoms with Crippen molar-refractivity contribution in [1.82, 2.24) is 9.97 Å². The smallest absolute Gasteiger partial charge is 0.274 e. The van der Waals surface area contributed by atoms with Crippen LogP contribution < -0.4 is 20.1 Å². The van der Waals surface area contributed by atoms with Crippen molar-refractivity contribution in [3.63, 3.8) is 0 Å². The summed E-state index contributed by atoms with van der Waals surface area (Å²) in [7, 11) is 0. The first-order valence-corrected chi connectivity index (χ1v) is 9.39. The van der Waals surface area contributed by atoms with Gasteiger partial charge in [0.15, 0.2) is 11.5 Å². The Morgan fingerprint density at radius 2 is 1.72 bits per heavy atom. The largest absolute Gasteiger partial charge is 0.486 e. The maximum Gasteiger partial charge on any atom is 0.274 e. The molecule has 0 bridgehead atoms. The van der Waals surface area contributed by atoms with Crippen LogP contribution in [-0.2, 0) is 0 Å². The van der Waals surface area contributed by atoms with E-state index in [4.69, 9.17) is 9.47 Å². The summed E-state index contributed by atoms with van der Waals surface area (Å²) < 4.78 is 11.2. The van der Waals surface area contributed by atoms with Gasteiger partial charge in [-0.1, -0.05) is 17.7 Å². The second kappa shape index (κ2) is 7.79. The number of fused-ring (bicyclic) bond motifs is 1. The molecule has 2 N–H and O–H groups in total. The summed E-state index contributed by atoms with van der Waals surface area (Å²) in [5.74, 6) is 2.14. The Hall–Kier alpha value is -3.61. The second-order valence-corrected chi connectivity index (χ2v) is 6.94. The van der Waals surface area contributed by atoms with Crippen molar-refractivity contribution < 1.29 is 14.3 Å². The van der Waals surface area contributed by atoms with Gasteiger partial charge >= 0.3 is 0 Å². The molecule has 0 saturated heterocycles. The monoisotopic (exact) mass is 390 g/mol. The molecule has 0 fully saturated rings. The summed E-state index contributed by atoms with van der Waals surface area (Å²) in [5.41, 5.74) is 3.98. The third kappa shape index (κ3) is 4.29. The molecule has 0 radical (unpaired) electrons. The van der Waals surface area contributed by atoms with Crippen LogP contribution in [0.15, 0.2) is 42.5 Å². The fourth-order valence-electron chi connectivity index (χ4n) is 3.16. The van der Waals surface area contributed by atoms with Crippen LogP contribution in [0.1, 0.15) is 27.4 Å². The summed E-state index contributed by atoms with van der Waals surface area (Å²) in [6, 6.07) is 13.1. The summed E-state index contributed by atoms with van der Waals surface area (Å²) in [6.07, 6.45) is 0. The molecule has 1 aliphatic heterocycles. The van der Waals surface area contributed by atoms with E-state index in [1.54, 1.807) is 13.0 Å². The molecule has 0 saturated carbocycles. The number of nitrogens with zero attached hydrogens (tertiary/aromatic N) is 2. The van der Waals surface area contributed by atoms with Crippen LogP contribution in [0, 0.1) is 20.8 Å². The number of hydrogen-bond donors (Lipinski definition) is 2. The van der Waals surface area contributed by atoms with Crippen LogP contribution >= 0.6 is 0 Å². The van der Waals surface area contributed by atoms with Crippen LogP contribution in [0.2, 0.25) is 0 Å². The van der Waals surface area contributed by atoms with E-state index in [2.05, 4.69) is 20.6 Å². The zero-order valence-electron chi connectivity index (χ0n) is 16.6. The lowest BCUT2D eigenvalue weighted by atomic mass is 10.1. The summed E-state index contributed by atoms with van der Waals surface area (Å²) >= 11 is 0. The van der Waals surface area contributed by atoms with Gasteiger partial charge in [-0.2, -0.15) is 0 Å². The van der Waals surface area contributed by atoms with Crippen LogP contribution in [0.5, 0.6) is 11.5 Å². The lowest BCUT2D eigenvalue weighted by Gasteiger charge is -2.19. The Balaban J connectivity index is 1.55. The number of benzene rings is 2. The Labute approximate surface area is 169 Å². The van der Waals surface area contributed by atoms with Gasteiger partial charge in [0.25, 0.3) is 5.91 Å². The predicted octanol–water partition coefficient (Wildman–Crippen LogP) is 4.17. The van der Waals surface area contributed by atoms with E-state index in [0.29, 0.717) is 36.4 Å². The van der Waals surface area contributed by atoms with E-state index in [9.17, 15) is 4.79 Å². The van der Waals surface area contributed by atoms with Gasteiger partial charge in [0, 0.05) is 23.5 Å². The summed E-state index contributed by atoms with van der Waals surface area (Å²) in [4.78, 5) is 21.4. The number of aryl methyl sites for hydroxylation is 3. The Morgan fingerprint density at radius 3 is 2.52 bits per heavy atom. The molecule has 2 aromatic carbocycles. The number of ether oxygens (including phenoxy) is 2. The first kappa shape index (κ1) is 18.7. The number of aromatic nitrogens is 2. The number of carbonyl (C=O) groups excluding carboxylic acids is 1. The van der Waals surface area contributed by atoms with E-state index in [1.807, 2.05) is 50.2 Å². The molecule has 29 heavy (non-hydrogen) atoms. The third-order valence-corrected chi connectivity index (χ3v) is 4.52. The van der Waals surface area contributed by atoms with Crippen LogP contribution in [0.3, 0.4) is 0 Å². The number of carbonyl (C=O) groups is 1. The van der Waals surface area contributed by atoms with Crippen molar-refractivity contribution in [2.24, 2.45) is 0 Å². The minimum Gasteiger partial charge on any atom is -0.486 e. The van der Waals surface area contributed by atoms with E-state index in [0.717, 1.165) is 22.5 Å². The van der Waals surface area contributed by atoms with Gasteiger partial charge < -0.3 is 20.1 Å². The van der Waals surface area contributed by atoms with Gasteiger partial charge in [0.1, 0.15) is 30.5 Å². The predicted molar refractivity (Wildman–Crippen MR) is 111 cm³/mol. The van der Waals surface area contributed by atoms with Crippen LogP contribution in [-0.4, -0.2) is 29.1 Å². The average molecular weight is 390 g/mol. The van der Waals surface area contributed by atoms with E-state index < -0.39 is 0 Å². The molecule has 0 atom stereocenters.